The summed E-state index contributed by atoms with van der Waals surface area (Å²) in [6, 6.07) is 4.71. The zero-order chi connectivity index (χ0) is 14.4. The quantitative estimate of drug-likeness (QED) is 0.505. The molecular weight excluding hydrogens is 250 g/mol. The van der Waals surface area contributed by atoms with Crippen molar-refractivity contribution < 1.29 is 23.9 Å². The number of carbonyl (C=O) groups excluding carboxylic acids is 3. The molecule has 0 aliphatic rings. The molecule has 102 valence electrons. The largest absolute Gasteiger partial charge is 0.496 e. The number of amides is 1. The highest BCUT2D eigenvalue weighted by molar-refractivity contribution is 6.37. The fourth-order valence-electron chi connectivity index (χ4n) is 1.54. The van der Waals surface area contributed by atoms with Crippen LogP contribution in [0.3, 0.4) is 0 Å². The second kappa shape index (κ2) is 6.53. The van der Waals surface area contributed by atoms with Crippen molar-refractivity contribution in [2.24, 2.45) is 0 Å². The van der Waals surface area contributed by atoms with Crippen molar-refractivity contribution >= 4 is 23.3 Å². The molecule has 0 saturated heterocycles. The van der Waals surface area contributed by atoms with E-state index < -0.39 is 11.9 Å². The number of ketones is 1. The van der Waals surface area contributed by atoms with Crippen LogP contribution in [0.25, 0.3) is 0 Å². The summed E-state index contributed by atoms with van der Waals surface area (Å²) in [6.45, 7) is 3.04. The lowest BCUT2D eigenvalue weighted by atomic mass is 10.1. The van der Waals surface area contributed by atoms with Crippen LogP contribution in [0.4, 0.5) is 5.69 Å². The number of carbonyl (C=O) groups is 3. The monoisotopic (exact) mass is 265 g/mol. The van der Waals surface area contributed by atoms with E-state index >= 15 is 0 Å². The molecule has 0 unspecified atom stereocenters. The topological polar surface area (TPSA) is 81.7 Å². The first kappa shape index (κ1) is 14.7. The summed E-state index contributed by atoms with van der Waals surface area (Å²) in [7, 11) is 1.42. The molecule has 6 nitrogen and oxygen atoms in total. The van der Waals surface area contributed by atoms with Crippen LogP contribution in [0.2, 0.25) is 0 Å². The normalized spacial score (nSPS) is 9.63. The predicted octanol–water partition coefficient (Wildman–Crippen LogP) is 1.40. The molecule has 0 radical (unpaired) electrons. The Bertz CT molecular complexity index is 510. The summed E-state index contributed by atoms with van der Waals surface area (Å²) in [6.07, 6.45) is 0. The average molecular weight is 265 g/mol. The molecular formula is C13H15NO5. The molecule has 0 fully saturated rings. The molecule has 0 aliphatic carbocycles. The van der Waals surface area contributed by atoms with Crippen LogP contribution in [-0.2, 0) is 14.3 Å². The predicted molar refractivity (Wildman–Crippen MR) is 68.3 cm³/mol. The minimum absolute atomic E-state index is 0.101. The summed E-state index contributed by atoms with van der Waals surface area (Å²) in [5.74, 6) is -1.89. The minimum atomic E-state index is -1.00. The maximum atomic E-state index is 11.6. The average Bonchev–Trinajstić information content (AvgIpc) is 2.38. The summed E-state index contributed by atoms with van der Waals surface area (Å²) >= 11 is 0. The molecule has 1 aromatic carbocycles. The number of rotatable bonds is 4. The van der Waals surface area contributed by atoms with Crippen LogP contribution >= 0.6 is 0 Å². The molecule has 0 atom stereocenters. The Morgan fingerprint density at radius 3 is 2.47 bits per heavy atom. The molecule has 0 aromatic heterocycles. The van der Waals surface area contributed by atoms with Crippen LogP contribution in [0.15, 0.2) is 18.2 Å². The van der Waals surface area contributed by atoms with E-state index in [0.29, 0.717) is 5.75 Å². The molecule has 0 heterocycles. The fraction of sp³-hybridized carbons (Fsp3) is 0.308. The van der Waals surface area contributed by atoms with Gasteiger partial charge in [0.1, 0.15) is 5.75 Å². The van der Waals surface area contributed by atoms with Gasteiger partial charge in [0, 0.05) is 0 Å². The first-order valence-corrected chi connectivity index (χ1v) is 5.67. The highest BCUT2D eigenvalue weighted by Gasteiger charge is 2.19. The van der Waals surface area contributed by atoms with Crippen molar-refractivity contribution in [3.8, 4) is 5.75 Å². The van der Waals surface area contributed by atoms with Crippen molar-refractivity contribution in [2.45, 2.75) is 13.8 Å². The lowest BCUT2D eigenvalue weighted by Crippen LogP contribution is -2.25. The van der Waals surface area contributed by atoms with Gasteiger partial charge in [-0.1, -0.05) is 6.07 Å². The Labute approximate surface area is 110 Å². The lowest BCUT2D eigenvalue weighted by Gasteiger charge is -2.12. The second-order valence-corrected chi connectivity index (χ2v) is 3.61. The van der Waals surface area contributed by atoms with Gasteiger partial charge in [-0.2, -0.15) is 0 Å². The number of hydrogen-bond donors (Lipinski definition) is 1. The number of methoxy groups -OCH3 is 1. The summed E-state index contributed by atoms with van der Waals surface area (Å²) in [4.78, 5) is 34.3. The van der Waals surface area contributed by atoms with Crippen molar-refractivity contribution in [3.05, 3.63) is 23.8 Å². The van der Waals surface area contributed by atoms with E-state index in [9.17, 15) is 14.4 Å². The Balaban J connectivity index is 3.04. The van der Waals surface area contributed by atoms with Gasteiger partial charge < -0.3 is 14.8 Å². The molecule has 0 spiro atoms. The maximum absolute atomic E-state index is 11.6. The van der Waals surface area contributed by atoms with E-state index in [2.05, 4.69) is 10.1 Å². The van der Waals surface area contributed by atoms with Crippen molar-refractivity contribution in [2.75, 3.05) is 19.0 Å². The van der Waals surface area contributed by atoms with Gasteiger partial charge in [-0.05, 0) is 26.0 Å². The van der Waals surface area contributed by atoms with Crippen LogP contribution in [0.5, 0.6) is 5.75 Å². The van der Waals surface area contributed by atoms with Gasteiger partial charge in [0.15, 0.2) is 5.78 Å². The first-order chi connectivity index (χ1) is 9.01. The third-order valence-corrected chi connectivity index (χ3v) is 2.31. The van der Waals surface area contributed by atoms with Crippen molar-refractivity contribution in [3.63, 3.8) is 0 Å². The molecule has 0 aliphatic heterocycles. The Hall–Kier alpha value is -2.37. The van der Waals surface area contributed by atoms with Gasteiger partial charge in [0.2, 0.25) is 0 Å². The van der Waals surface area contributed by atoms with Gasteiger partial charge in [0.25, 0.3) is 0 Å². The Morgan fingerprint density at radius 1 is 1.26 bits per heavy atom. The van der Waals surface area contributed by atoms with E-state index in [4.69, 9.17) is 4.74 Å². The zero-order valence-electron chi connectivity index (χ0n) is 11.0. The van der Waals surface area contributed by atoms with Gasteiger partial charge >= 0.3 is 11.9 Å². The number of ether oxygens (including phenoxy) is 2. The SMILES string of the molecule is CCOC(=O)C(=O)Nc1cccc(OC)c1C(C)=O. The molecule has 1 rings (SSSR count). The highest BCUT2D eigenvalue weighted by Crippen LogP contribution is 2.26. The van der Waals surface area contributed by atoms with E-state index in [1.165, 1.54) is 20.1 Å². The van der Waals surface area contributed by atoms with Gasteiger partial charge in [-0.3, -0.25) is 9.59 Å². The molecule has 0 saturated carbocycles. The van der Waals surface area contributed by atoms with Gasteiger partial charge in [-0.25, -0.2) is 4.79 Å². The molecule has 1 N–H and O–H groups in total. The van der Waals surface area contributed by atoms with Crippen LogP contribution < -0.4 is 10.1 Å². The van der Waals surface area contributed by atoms with Crippen LogP contribution in [0.1, 0.15) is 24.2 Å². The van der Waals surface area contributed by atoms with Crippen molar-refractivity contribution in [1.82, 2.24) is 0 Å². The summed E-state index contributed by atoms with van der Waals surface area (Å²) in [5, 5.41) is 2.34. The Kier molecular flexibility index (Phi) is 5.05. The molecule has 0 bridgehead atoms. The third kappa shape index (κ3) is 3.54. The number of anilines is 1. The second-order valence-electron chi connectivity index (χ2n) is 3.61. The summed E-state index contributed by atoms with van der Waals surface area (Å²) < 4.78 is 9.61. The number of benzene rings is 1. The zero-order valence-corrected chi connectivity index (χ0v) is 11.0. The molecule has 6 heteroatoms. The standard InChI is InChI=1S/C13H15NO5/c1-4-19-13(17)12(16)14-9-6-5-7-10(18-3)11(9)8(2)15/h5-7H,4H2,1-3H3,(H,14,16). The number of nitrogens with one attached hydrogen (secondary N) is 1. The molecule has 19 heavy (non-hydrogen) atoms. The highest BCUT2D eigenvalue weighted by atomic mass is 16.5. The summed E-state index contributed by atoms with van der Waals surface area (Å²) in [5.41, 5.74) is 0.424. The van der Waals surface area contributed by atoms with E-state index in [1.54, 1.807) is 19.1 Å². The number of hydrogen-bond acceptors (Lipinski definition) is 5. The molecule has 1 amide bonds. The first-order valence-electron chi connectivity index (χ1n) is 5.67. The Morgan fingerprint density at radius 2 is 1.95 bits per heavy atom. The third-order valence-electron chi connectivity index (χ3n) is 2.31. The van der Waals surface area contributed by atoms with E-state index in [0.717, 1.165) is 0 Å². The number of esters is 1. The van der Waals surface area contributed by atoms with Gasteiger partial charge in [-0.15, -0.1) is 0 Å². The lowest BCUT2D eigenvalue weighted by molar-refractivity contribution is -0.152. The molecule has 1 aromatic rings. The van der Waals surface area contributed by atoms with Crippen LogP contribution in [0, 0.1) is 0 Å². The van der Waals surface area contributed by atoms with Crippen molar-refractivity contribution in [1.29, 1.82) is 0 Å². The maximum Gasteiger partial charge on any atom is 0.397 e. The van der Waals surface area contributed by atoms with E-state index in [1.807, 2.05) is 0 Å². The smallest absolute Gasteiger partial charge is 0.397 e. The van der Waals surface area contributed by atoms with Gasteiger partial charge in [0.05, 0.1) is 25.0 Å². The minimum Gasteiger partial charge on any atom is -0.496 e. The fourth-order valence-corrected chi connectivity index (χ4v) is 1.54. The van der Waals surface area contributed by atoms with E-state index in [-0.39, 0.29) is 23.6 Å². The number of Topliss-reactive ketones (excluding diaryl/α,β-unsaturated/α-hetero) is 1. The van der Waals surface area contributed by atoms with Crippen LogP contribution in [-0.4, -0.2) is 31.4 Å².